The minimum absolute atomic E-state index is 0.0798. The molecule has 0 aromatic carbocycles. The highest BCUT2D eigenvalue weighted by atomic mass is 16.3. The highest BCUT2D eigenvalue weighted by Crippen LogP contribution is 2.67. The predicted octanol–water partition coefficient (Wildman–Crippen LogP) is 7.63. The van der Waals surface area contributed by atoms with Gasteiger partial charge in [0.25, 0.3) is 0 Å². The van der Waals surface area contributed by atoms with E-state index >= 15 is 0 Å². The Morgan fingerprint density at radius 3 is 2.45 bits per heavy atom. The fourth-order valence-corrected chi connectivity index (χ4v) is 8.80. The van der Waals surface area contributed by atoms with Gasteiger partial charge in [-0.15, -0.1) is 0 Å². The van der Waals surface area contributed by atoms with Gasteiger partial charge in [0.1, 0.15) is 0 Å². The molecule has 4 aliphatic rings. The number of allylic oxidation sites excluding steroid dienone is 1. The van der Waals surface area contributed by atoms with Crippen LogP contribution >= 0.6 is 0 Å². The maximum absolute atomic E-state index is 10.2. The Morgan fingerprint density at radius 2 is 1.72 bits per heavy atom. The van der Waals surface area contributed by atoms with Crippen molar-refractivity contribution >= 4 is 0 Å². The maximum Gasteiger partial charge on any atom is 0.0577 e. The lowest BCUT2D eigenvalue weighted by atomic mass is 9.46. The van der Waals surface area contributed by atoms with Gasteiger partial charge in [-0.1, -0.05) is 66.0 Å². The molecule has 3 saturated carbocycles. The summed E-state index contributed by atoms with van der Waals surface area (Å²) in [6, 6.07) is 0. The van der Waals surface area contributed by atoms with Crippen LogP contribution in [0.15, 0.2) is 11.6 Å². The fraction of sp³-hybridized carbons (Fsp3) is 0.929. The first-order chi connectivity index (χ1) is 13.7. The molecule has 29 heavy (non-hydrogen) atoms. The van der Waals surface area contributed by atoms with Crippen LogP contribution in [0, 0.1) is 52.3 Å². The van der Waals surface area contributed by atoms with Crippen LogP contribution in [0.5, 0.6) is 0 Å². The van der Waals surface area contributed by atoms with Gasteiger partial charge in [-0.05, 0) is 104 Å². The van der Waals surface area contributed by atoms with Crippen molar-refractivity contribution in [1.29, 1.82) is 0 Å². The van der Waals surface area contributed by atoms with Crippen molar-refractivity contribution in [3.8, 4) is 0 Å². The van der Waals surface area contributed by atoms with E-state index in [-0.39, 0.29) is 6.10 Å². The third-order valence-electron chi connectivity index (χ3n) is 10.9. The first kappa shape index (κ1) is 21.9. The van der Waals surface area contributed by atoms with Gasteiger partial charge in [-0.25, -0.2) is 0 Å². The van der Waals surface area contributed by atoms with Gasteiger partial charge in [-0.3, -0.25) is 0 Å². The van der Waals surface area contributed by atoms with E-state index in [1.165, 1.54) is 51.4 Å². The van der Waals surface area contributed by atoms with Crippen LogP contribution in [0.25, 0.3) is 0 Å². The molecule has 0 heterocycles. The molecule has 1 nitrogen and oxygen atoms in total. The lowest BCUT2D eigenvalue weighted by Crippen LogP contribution is -2.51. The van der Waals surface area contributed by atoms with Gasteiger partial charge in [0.15, 0.2) is 0 Å². The Bertz CT molecular complexity index is 620. The Labute approximate surface area is 181 Å². The van der Waals surface area contributed by atoms with Crippen LogP contribution in [-0.4, -0.2) is 11.2 Å². The maximum atomic E-state index is 10.2. The molecule has 0 saturated heterocycles. The zero-order valence-corrected chi connectivity index (χ0v) is 20.2. The van der Waals surface area contributed by atoms with Crippen LogP contribution < -0.4 is 0 Å². The van der Waals surface area contributed by atoms with E-state index in [2.05, 4.69) is 47.6 Å². The monoisotopic (exact) mass is 400 g/mol. The highest BCUT2D eigenvalue weighted by molar-refractivity contribution is 5.25. The second kappa shape index (κ2) is 7.99. The van der Waals surface area contributed by atoms with Crippen molar-refractivity contribution in [2.45, 2.75) is 112 Å². The Morgan fingerprint density at radius 1 is 0.966 bits per heavy atom. The average Bonchev–Trinajstić information content (AvgIpc) is 3.03. The van der Waals surface area contributed by atoms with Gasteiger partial charge in [-0.2, -0.15) is 0 Å². The molecule has 4 aliphatic carbocycles. The van der Waals surface area contributed by atoms with Gasteiger partial charge >= 0.3 is 0 Å². The summed E-state index contributed by atoms with van der Waals surface area (Å²) in [5, 5.41) is 10.2. The van der Waals surface area contributed by atoms with Crippen molar-refractivity contribution in [3.63, 3.8) is 0 Å². The van der Waals surface area contributed by atoms with E-state index in [1.807, 2.05) is 0 Å². The van der Waals surface area contributed by atoms with E-state index in [1.54, 1.807) is 5.57 Å². The third kappa shape index (κ3) is 3.66. The van der Waals surface area contributed by atoms with Gasteiger partial charge in [0.2, 0.25) is 0 Å². The van der Waals surface area contributed by atoms with Gasteiger partial charge in [0.05, 0.1) is 6.10 Å². The largest absolute Gasteiger partial charge is 0.393 e. The van der Waals surface area contributed by atoms with Gasteiger partial charge in [0, 0.05) is 0 Å². The van der Waals surface area contributed by atoms with Crippen molar-refractivity contribution in [2.75, 3.05) is 0 Å². The molecule has 0 unspecified atom stereocenters. The van der Waals surface area contributed by atoms with E-state index in [4.69, 9.17) is 0 Å². The number of aliphatic hydroxyl groups excluding tert-OH is 1. The van der Waals surface area contributed by atoms with Crippen molar-refractivity contribution in [1.82, 2.24) is 0 Å². The summed E-state index contributed by atoms with van der Waals surface area (Å²) in [4.78, 5) is 0. The van der Waals surface area contributed by atoms with E-state index < -0.39 is 0 Å². The highest BCUT2D eigenvalue weighted by Gasteiger charge is 2.59. The van der Waals surface area contributed by atoms with E-state index in [0.717, 1.165) is 54.3 Å². The normalized spacial score (nSPS) is 46.5. The lowest BCUT2D eigenvalue weighted by Gasteiger charge is -2.58. The Kier molecular flexibility index (Phi) is 6.04. The lowest BCUT2D eigenvalue weighted by molar-refractivity contribution is -0.0604. The molecule has 166 valence electrons. The molecule has 0 amide bonds. The van der Waals surface area contributed by atoms with E-state index in [9.17, 15) is 5.11 Å². The molecule has 9 atom stereocenters. The number of hydrogen-bond acceptors (Lipinski definition) is 1. The number of hydrogen-bond donors (Lipinski definition) is 1. The Balaban J connectivity index is 1.51. The van der Waals surface area contributed by atoms with Crippen molar-refractivity contribution < 1.29 is 5.11 Å². The first-order valence-electron chi connectivity index (χ1n) is 13.0. The topological polar surface area (TPSA) is 20.2 Å². The zero-order valence-electron chi connectivity index (χ0n) is 20.2. The molecule has 4 rings (SSSR count). The summed E-state index contributed by atoms with van der Waals surface area (Å²) in [5.41, 5.74) is 2.58. The predicted molar refractivity (Wildman–Crippen MR) is 124 cm³/mol. The summed E-state index contributed by atoms with van der Waals surface area (Å²) in [6.45, 7) is 15.1. The van der Waals surface area contributed by atoms with Crippen LogP contribution in [-0.2, 0) is 0 Å². The molecule has 0 aromatic rings. The summed E-state index contributed by atoms with van der Waals surface area (Å²) in [5.74, 6) is 6.22. The molecule has 0 aliphatic heterocycles. The zero-order chi connectivity index (χ0) is 21.0. The minimum atomic E-state index is -0.0798. The van der Waals surface area contributed by atoms with Crippen LogP contribution in [0.1, 0.15) is 106 Å². The number of aliphatic hydroxyl groups is 1. The average molecular weight is 401 g/mol. The molecule has 1 heteroatoms. The summed E-state index contributed by atoms with van der Waals surface area (Å²) in [6.07, 6.45) is 15.6. The molecule has 0 aromatic heterocycles. The van der Waals surface area contributed by atoms with Gasteiger partial charge < -0.3 is 5.11 Å². The molecule has 0 bridgehead atoms. The second-order valence-corrected chi connectivity index (χ2v) is 12.7. The smallest absolute Gasteiger partial charge is 0.0577 e. The summed E-state index contributed by atoms with van der Waals surface area (Å²) in [7, 11) is 0. The molecule has 3 fully saturated rings. The molecule has 0 spiro atoms. The van der Waals surface area contributed by atoms with Crippen molar-refractivity contribution in [2.24, 2.45) is 52.3 Å². The summed E-state index contributed by atoms with van der Waals surface area (Å²) >= 11 is 0. The molecular weight excluding hydrogens is 352 g/mol. The SMILES string of the molecule is CC(C)CC[C@@H](C)[C@@H](C)[C@H]1CC[C@H]2[C@@H]3CC=C4C[C@@H](O)CC[C@]4(C)[C@H]3CC[C@]12C. The minimum Gasteiger partial charge on any atom is -0.393 e. The number of rotatable bonds is 5. The first-order valence-corrected chi connectivity index (χ1v) is 13.0. The molecule has 1 N–H and O–H groups in total. The van der Waals surface area contributed by atoms with Crippen LogP contribution in [0.3, 0.4) is 0 Å². The molecule has 0 radical (unpaired) electrons. The van der Waals surface area contributed by atoms with Crippen LogP contribution in [0.4, 0.5) is 0 Å². The second-order valence-electron chi connectivity index (χ2n) is 12.7. The Hall–Kier alpha value is -0.300. The van der Waals surface area contributed by atoms with Crippen molar-refractivity contribution in [3.05, 3.63) is 11.6 Å². The molecular formula is C28H48O. The van der Waals surface area contributed by atoms with E-state index in [0.29, 0.717) is 10.8 Å². The quantitative estimate of drug-likeness (QED) is 0.470. The fourth-order valence-electron chi connectivity index (χ4n) is 8.80. The van der Waals surface area contributed by atoms with Crippen LogP contribution in [0.2, 0.25) is 0 Å². The summed E-state index contributed by atoms with van der Waals surface area (Å²) < 4.78 is 0. The standard InChI is InChI=1S/C28H48O/c1-18(2)7-8-19(3)20(4)24-11-12-25-23-10-9-21-17-22(29)13-15-27(21,5)26(23)14-16-28(24,25)6/h9,18-20,22-26,29H,7-8,10-17H2,1-6H3/t19-,20-,22+,23+,24-,25+,26+,27+,28-/m1/s1. The number of fused-ring (bicyclic) bond motifs is 5. The third-order valence-corrected chi connectivity index (χ3v) is 10.9.